The average molecular weight is 505 g/mol. The van der Waals surface area contributed by atoms with E-state index in [-0.39, 0.29) is 24.9 Å². The van der Waals surface area contributed by atoms with Gasteiger partial charge in [0, 0.05) is 12.5 Å². The summed E-state index contributed by atoms with van der Waals surface area (Å²) in [5.74, 6) is -4.71. The van der Waals surface area contributed by atoms with Crippen LogP contribution in [0.25, 0.3) is 11.1 Å². The first-order chi connectivity index (χ1) is 17.3. The number of rotatable bonds is 7. The summed E-state index contributed by atoms with van der Waals surface area (Å²) in [5.41, 5.74) is 2.66. The van der Waals surface area contributed by atoms with Crippen LogP contribution in [0.1, 0.15) is 62.0 Å². The van der Waals surface area contributed by atoms with E-state index in [1.807, 2.05) is 0 Å². The first kappa shape index (κ1) is 25.2. The summed E-state index contributed by atoms with van der Waals surface area (Å²) in [6.07, 6.45) is 3.02. The van der Waals surface area contributed by atoms with Gasteiger partial charge in [0.2, 0.25) is 5.91 Å². The Hall–Kier alpha value is -2.45. The number of carbonyl (C=O) groups excluding carboxylic acids is 1. The molecule has 2 aromatic carbocycles. The Morgan fingerprint density at radius 1 is 1.03 bits per heavy atom. The number of ether oxygens (including phenoxy) is 1. The van der Waals surface area contributed by atoms with E-state index in [1.54, 1.807) is 18.2 Å². The van der Waals surface area contributed by atoms with Crippen molar-refractivity contribution >= 4 is 5.91 Å². The van der Waals surface area contributed by atoms with E-state index < -0.39 is 35.6 Å². The molecule has 2 atom stereocenters. The van der Waals surface area contributed by atoms with E-state index in [0.29, 0.717) is 29.5 Å². The predicted octanol–water partition coefficient (Wildman–Crippen LogP) is 5.49. The average Bonchev–Trinajstić information content (AvgIpc) is 3.66. The van der Waals surface area contributed by atoms with Crippen LogP contribution >= 0.6 is 0 Å². The van der Waals surface area contributed by atoms with Crippen molar-refractivity contribution in [2.45, 2.75) is 81.5 Å². The first-order valence-corrected chi connectivity index (χ1v) is 12.9. The molecule has 3 aliphatic rings. The smallest absolute Gasteiger partial charge is 0.270 e. The standard InChI is InChI=1S/C28H32F4N2O2/c29-20-13-19(14-21(30)16-20)23-4-1-3-18(26(23)17-6-7-17)15-25(35)34-27-24(5-2-10-28(27,31)32)36-22-8-11-33-12-9-22/h1,3-4,13-14,16-17,22,24,27,33H,2,5-12,15H2,(H,34,35)/t24-,27+/m0/s1. The number of nitrogens with one attached hydrogen (secondary N) is 2. The minimum absolute atomic E-state index is 0.0792. The van der Waals surface area contributed by atoms with Crippen molar-refractivity contribution in [3.8, 4) is 11.1 Å². The molecule has 0 bridgehead atoms. The van der Waals surface area contributed by atoms with Gasteiger partial charge in [-0.2, -0.15) is 0 Å². The number of hydrogen-bond acceptors (Lipinski definition) is 3. The van der Waals surface area contributed by atoms with Crippen LogP contribution in [0.5, 0.6) is 0 Å². The van der Waals surface area contributed by atoms with Crippen LogP contribution < -0.4 is 10.6 Å². The summed E-state index contributed by atoms with van der Waals surface area (Å²) in [4.78, 5) is 13.1. The lowest BCUT2D eigenvalue weighted by molar-refractivity contribution is -0.154. The van der Waals surface area contributed by atoms with Gasteiger partial charge in [-0.25, -0.2) is 17.6 Å². The van der Waals surface area contributed by atoms with E-state index in [4.69, 9.17) is 4.74 Å². The summed E-state index contributed by atoms with van der Waals surface area (Å²) >= 11 is 0. The van der Waals surface area contributed by atoms with Gasteiger partial charge in [-0.15, -0.1) is 0 Å². The lowest BCUT2D eigenvalue weighted by Crippen LogP contribution is -2.58. The minimum Gasteiger partial charge on any atom is -0.373 e. The number of amides is 1. The fourth-order valence-electron chi connectivity index (χ4n) is 5.64. The molecule has 5 rings (SSSR count). The summed E-state index contributed by atoms with van der Waals surface area (Å²) in [6, 6.07) is 7.34. The van der Waals surface area contributed by atoms with E-state index in [0.717, 1.165) is 50.4 Å². The molecule has 2 saturated carbocycles. The molecule has 2 aliphatic carbocycles. The second kappa shape index (κ2) is 10.5. The van der Waals surface area contributed by atoms with Crippen molar-refractivity contribution in [1.29, 1.82) is 0 Å². The molecule has 8 heteroatoms. The summed E-state index contributed by atoms with van der Waals surface area (Å²) < 4.78 is 63.9. The second-order valence-corrected chi connectivity index (χ2v) is 10.3. The number of piperidine rings is 1. The number of benzene rings is 2. The van der Waals surface area contributed by atoms with Crippen LogP contribution in [0.2, 0.25) is 0 Å². The molecule has 1 aliphatic heterocycles. The molecular formula is C28H32F4N2O2. The zero-order chi connectivity index (χ0) is 25.3. The number of hydrogen-bond donors (Lipinski definition) is 2. The Labute approximate surface area is 208 Å². The molecule has 4 nitrogen and oxygen atoms in total. The van der Waals surface area contributed by atoms with Gasteiger partial charge in [0.1, 0.15) is 17.7 Å². The zero-order valence-electron chi connectivity index (χ0n) is 20.2. The normalized spacial score (nSPS) is 24.4. The third kappa shape index (κ3) is 5.75. The highest BCUT2D eigenvalue weighted by Gasteiger charge is 2.49. The molecule has 1 amide bonds. The molecule has 1 saturated heterocycles. The summed E-state index contributed by atoms with van der Waals surface area (Å²) in [6.45, 7) is 1.58. The van der Waals surface area contributed by atoms with Crippen LogP contribution in [-0.2, 0) is 16.0 Å². The van der Waals surface area contributed by atoms with Gasteiger partial charge in [-0.3, -0.25) is 4.79 Å². The molecular weight excluding hydrogens is 472 g/mol. The minimum atomic E-state index is -3.05. The topological polar surface area (TPSA) is 50.4 Å². The van der Waals surface area contributed by atoms with Crippen molar-refractivity contribution in [3.63, 3.8) is 0 Å². The van der Waals surface area contributed by atoms with Crippen molar-refractivity contribution in [2.75, 3.05) is 13.1 Å². The maximum absolute atomic E-state index is 15.0. The molecule has 0 radical (unpaired) electrons. The highest BCUT2D eigenvalue weighted by Crippen LogP contribution is 2.46. The van der Waals surface area contributed by atoms with Crippen molar-refractivity contribution in [3.05, 3.63) is 59.2 Å². The molecule has 2 N–H and O–H groups in total. The fraction of sp³-hybridized carbons (Fsp3) is 0.536. The quantitative estimate of drug-likeness (QED) is 0.490. The molecule has 3 fully saturated rings. The zero-order valence-corrected chi connectivity index (χ0v) is 20.2. The van der Waals surface area contributed by atoms with Crippen LogP contribution in [0.15, 0.2) is 36.4 Å². The van der Waals surface area contributed by atoms with E-state index >= 15 is 0 Å². The van der Waals surface area contributed by atoms with Crippen LogP contribution in [0, 0.1) is 11.6 Å². The largest absolute Gasteiger partial charge is 0.373 e. The molecule has 36 heavy (non-hydrogen) atoms. The molecule has 0 spiro atoms. The lowest BCUT2D eigenvalue weighted by Gasteiger charge is -2.40. The summed E-state index contributed by atoms with van der Waals surface area (Å²) in [5, 5.41) is 5.85. The van der Waals surface area contributed by atoms with Crippen molar-refractivity contribution < 1.29 is 27.1 Å². The van der Waals surface area contributed by atoms with Crippen LogP contribution in [-0.4, -0.2) is 43.2 Å². The van der Waals surface area contributed by atoms with Gasteiger partial charge in [0.15, 0.2) is 0 Å². The Balaban J connectivity index is 1.36. The van der Waals surface area contributed by atoms with E-state index in [9.17, 15) is 22.4 Å². The number of carbonyl (C=O) groups is 1. The molecule has 0 aromatic heterocycles. The maximum Gasteiger partial charge on any atom is 0.270 e. The molecule has 194 valence electrons. The van der Waals surface area contributed by atoms with Gasteiger partial charge in [-0.1, -0.05) is 18.2 Å². The number of halogens is 4. The Morgan fingerprint density at radius 2 is 1.75 bits per heavy atom. The molecule has 1 heterocycles. The summed E-state index contributed by atoms with van der Waals surface area (Å²) in [7, 11) is 0. The third-order valence-electron chi connectivity index (χ3n) is 7.50. The monoisotopic (exact) mass is 504 g/mol. The van der Waals surface area contributed by atoms with Crippen LogP contribution in [0.3, 0.4) is 0 Å². The van der Waals surface area contributed by atoms with Crippen LogP contribution in [0.4, 0.5) is 17.6 Å². The highest BCUT2D eigenvalue weighted by molar-refractivity contribution is 5.81. The van der Waals surface area contributed by atoms with Gasteiger partial charge < -0.3 is 15.4 Å². The van der Waals surface area contributed by atoms with Gasteiger partial charge >= 0.3 is 0 Å². The predicted molar refractivity (Wildman–Crippen MR) is 129 cm³/mol. The maximum atomic E-state index is 15.0. The Kier molecular flexibility index (Phi) is 7.35. The lowest BCUT2D eigenvalue weighted by atomic mass is 9.87. The highest BCUT2D eigenvalue weighted by atomic mass is 19.3. The fourth-order valence-corrected chi connectivity index (χ4v) is 5.64. The van der Waals surface area contributed by atoms with Crippen molar-refractivity contribution in [2.24, 2.45) is 0 Å². The van der Waals surface area contributed by atoms with Gasteiger partial charge in [0.05, 0.1) is 18.6 Å². The van der Waals surface area contributed by atoms with Gasteiger partial charge in [0.25, 0.3) is 5.92 Å². The van der Waals surface area contributed by atoms with Crippen molar-refractivity contribution in [1.82, 2.24) is 10.6 Å². The first-order valence-electron chi connectivity index (χ1n) is 12.9. The number of alkyl halides is 2. The van der Waals surface area contributed by atoms with E-state index in [1.165, 1.54) is 12.1 Å². The SMILES string of the molecule is O=C(Cc1cccc(-c2cc(F)cc(F)c2)c1C1CC1)N[C@@H]1[C@@H](OC2CCNCC2)CCCC1(F)F. The Bertz CT molecular complexity index is 1080. The third-order valence-corrected chi connectivity index (χ3v) is 7.50. The van der Waals surface area contributed by atoms with Gasteiger partial charge in [-0.05, 0) is 91.9 Å². The van der Waals surface area contributed by atoms with E-state index in [2.05, 4.69) is 10.6 Å². The Morgan fingerprint density at radius 3 is 2.44 bits per heavy atom. The molecule has 2 aromatic rings. The molecule has 0 unspecified atom stereocenters. The second-order valence-electron chi connectivity index (χ2n) is 10.3.